The quantitative estimate of drug-likeness (QED) is 0.794. The van der Waals surface area contributed by atoms with E-state index in [4.69, 9.17) is 9.68 Å². The van der Waals surface area contributed by atoms with E-state index in [0.717, 1.165) is 32.6 Å². The van der Waals surface area contributed by atoms with Gasteiger partial charge in [-0.2, -0.15) is 10.1 Å². The van der Waals surface area contributed by atoms with E-state index >= 15 is 0 Å². The highest BCUT2D eigenvalue weighted by Gasteiger charge is 2.15. The highest BCUT2D eigenvalue weighted by molar-refractivity contribution is 5.29. The summed E-state index contributed by atoms with van der Waals surface area (Å²) in [7, 11) is 0. The number of rotatable bonds is 4. The van der Waals surface area contributed by atoms with Crippen molar-refractivity contribution in [3.05, 3.63) is 69.8 Å². The smallest absolute Gasteiger partial charge is 0.0707 e. The second-order valence-electron chi connectivity index (χ2n) is 7.74. The van der Waals surface area contributed by atoms with Crippen LogP contribution in [-0.2, 0) is 22.8 Å². The zero-order chi connectivity index (χ0) is 19.2. The van der Waals surface area contributed by atoms with E-state index in [1.165, 1.54) is 33.4 Å². The van der Waals surface area contributed by atoms with Gasteiger partial charge in [-0.05, 0) is 45.2 Å². The van der Waals surface area contributed by atoms with E-state index in [9.17, 15) is 0 Å². The van der Waals surface area contributed by atoms with Gasteiger partial charge in [0.1, 0.15) is 0 Å². The van der Waals surface area contributed by atoms with Gasteiger partial charge in [0.05, 0.1) is 13.2 Å². The van der Waals surface area contributed by atoms with Crippen LogP contribution < -0.4 is 0 Å². The fourth-order valence-electron chi connectivity index (χ4n) is 3.78. The summed E-state index contributed by atoms with van der Waals surface area (Å²) in [6.07, 6.45) is 0.896. The van der Waals surface area contributed by atoms with Crippen molar-refractivity contribution in [1.29, 1.82) is 0 Å². The van der Waals surface area contributed by atoms with Gasteiger partial charge in [-0.25, -0.2) is 0 Å². The number of benzene rings is 2. The van der Waals surface area contributed by atoms with Crippen LogP contribution in [0, 0.1) is 27.7 Å². The molecule has 0 amide bonds. The lowest BCUT2D eigenvalue weighted by Crippen LogP contribution is -2.33. The van der Waals surface area contributed by atoms with Gasteiger partial charge >= 0.3 is 0 Å². The largest absolute Gasteiger partial charge is 0.299 e. The Morgan fingerprint density at radius 2 is 1.00 bits per heavy atom. The molecule has 0 spiro atoms. The van der Waals surface area contributed by atoms with Gasteiger partial charge in [0.15, 0.2) is 0 Å². The zero-order valence-corrected chi connectivity index (χ0v) is 17.1. The van der Waals surface area contributed by atoms with Crippen molar-refractivity contribution in [3.63, 3.8) is 0 Å². The van der Waals surface area contributed by atoms with Crippen LogP contribution in [-0.4, -0.2) is 36.4 Å². The Morgan fingerprint density at radius 3 is 1.37 bits per heavy atom. The normalized spacial score (nSPS) is 17.3. The summed E-state index contributed by atoms with van der Waals surface area (Å²) in [6.45, 7) is 13.2. The summed E-state index contributed by atoms with van der Waals surface area (Å²) in [5, 5.41) is 4.16. The second kappa shape index (κ2) is 9.47. The molecule has 2 aromatic rings. The lowest BCUT2D eigenvalue weighted by atomic mass is 10.1. The topological polar surface area (TPSA) is 24.9 Å². The first kappa shape index (κ1) is 20.0. The molecule has 0 atom stereocenters. The molecule has 0 unspecified atom stereocenters. The Balaban J connectivity index is 1.64. The lowest BCUT2D eigenvalue weighted by Gasteiger charge is -2.25. The molecular weight excluding hydrogens is 336 g/mol. The van der Waals surface area contributed by atoms with Gasteiger partial charge in [-0.3, -0.25) is 9.68 Å². The molecule has 1 heterocycles. The van der Waals surface area contributed by atoms with E-state index < -0.39 is 0 Å². The van der Waals surface area contributed by atoms with Crippen molar-refractivity contribution in [2.24, 2.45) is 0 Å². The zero-order valence-electron chi connectivity index (χ0n) is 17.1. The molecule has 2 aromatic carbocycles. The van der Waals surface area contributed by atoms with Gasteiger partial charge < -0.3 is 0 Å². The van der Waals surface area contributed by atoms with Crippen molar-refractivity contribution < 1.29 is 9.68 Å². The van der Waals surface area contributed by atoms with Gasteiger partial charge in [-0.15, -0.1) is 0 Å². The predicted octanol–water partition coefficient (Wildman–Crippen LogP) is 4.49. The van der Waals surface area contributed by atoms with E-state index in [1.54, 1.807) is 0 Å². The van der Waals surface area contributed by atoms with Crippen LogP contribution in [0.4, 0.5) is 0 Å². The fourth-order valence-corrected chi connectivity index (χ4v) is 3.78. The maximum atomic E-state index is 6.01. The van der Waals surface area contributed by atoms with Crippen molar-refractivity contribution >= 4 is 0 Å². The summed E-state index contributed by atoms with van der Waals surface area (Å²) >= 11 is 0. The molecule has 3 rings (SSSR count). The van der Waals surface area contributed by atoms with Crippen molar-refractivity contribution in [2.75, 3.05) is 26.3 Å². The van der Waals surface area contributed by atoms with Gasteiger partial charge in [-0.1, -0.05) is 58.7 Å². The molecule has 4 heteroatoms. The molecule has 0 bridgehead atoms. The molecule has 0 radical (unpaired) electrons. The SMILES string of the molecule is Cc1cc(C)cc(CN2CCN(Cc3cc(C)cc(C)c3)OCCCO2)c1. The minimum absolute atomic E-state index is 0.697. The van der Waals surface area contributed by atoms with Gasteiger partial charge in [0, 0.05) is 26.2 Å². The second-order valence-corrected chi connectivity index (χ2v) is 7.74. The van der Waals surface area contributed by atoms with Gasteiger partial charge in [0.2, 0.25) is 0 Å². The lowest BCUT2D eigenvalue weighted by molar-refractivity contribution is -0.180. The first-order valence-electron chi connectivity index (χ1n) is 9.88. The Bertz CT molecular complexity index is 656. The van der Waals surface area contributed by atoms with Gasteiger partial charge in [0.25, 0.3) is 0 Å². The summed E-state index contributed by atoms with van der Waals surface area (Å²) in [5.74, 6) is 0. The summed E-state index contributed by atoms with van der Waals surface area (Å²) in [6, 6.07) is 13.4. The van der Waals surface area contributed by atoms with Crippen LogP contribution in [0.5, 0.6) is 0 Å². The molecule has 1 aliphatic rings. The molecule has 0 aromatic heterocycles. The monoisotopic (exact) mass is 368 g/mol. The van der Waals surface area contributed by atoms with Crippen LogP contribution >= 0.6 is 0 Å². The molecule has 0 aliphatic carbocycles. The van der Waals surface area contributed by atoms with Crippen LogP contribution in [0.2, 0.25) is 0 Å². The molecule has 146 valence electrons. The van der Waals surface area contributed by atoms with E-state index in [-0.39, 0.29) is 0 Å². The molecular formula is C23H32N2O2. The minimum atomic E-state index is 0.697. The molecule has 1 saturated heterocycles. The highest BCUT2D eigenvalue weighted by atomic mass is 16.7. The van der Waals surface area contributed by atoms with Crippen molar-refractivity contribution in [3.8, 4) is 0 Å². The molecule has 4 nitrogen and oxygen atoms in total. The molecule has 0 N–H and O–H groups in total. The van der Waals surface area contributed by atoms with Crippen LogP contribution in [0.3, 0.4) is 0 Å². The fraction of sp³-hybridized carbons (Fsp3) is 0.478. The molecule has 1 aliphatic heterocycles. The minimum Gasteiger partial charge on any atom is -0.299 e. The highest BCUT2D eigenvalue weighted by Crippen LogP contribution is 2.15. The average Bonchev–Trinajstić information content (AvgIpc) is 2.66. The first-order chi connectivity index (χ1) is 13.0. The van der Waals surface area contributed by atoms with E-state index in [2.05, 4.69) is 74.2 Å². The summed E-state index contributed by atoms with van der Waals surface area (Å²) in [4.78, 5) is 12.0. The Hall–Kier alpha value is -1.72. The Labute approximate surface area is 163 Å². The number of aryl methyl sites for hydroxylation is 4. The van der Waals surface area contributed by atoms with E-state index in [1.807, 2.05) is 0 Å². The van der Waals surface area contributed by atoms with E-state index in [0.29, 0.717) is 13.2 Å². The van der Waals surface area contributed by atoms with Crippen molar-refractivity contribution in [1.82, 2.24) is 10.1 Å². The third-order valence-corrected chi connectivity index (χ3v) is 4.72. The standard InChI is InChI=1S/C23H32N2O2/c1-18-10-19(2)13-22(12-18)16-24-6-7-25(27-9-5-8-26-24)17-23-14-20(3)11-21(4)15-23/h10-15H,5-9,16-17H2,1-4H3. The number of hydroxylamine groups is 4. The van der Waals surface area contributed by atoms with Crippen molar-refractivity contribution in [2.45, 2.75) is 47.2 Å². The average molecular weight is 369 g/mol. The predicted molar refractivity (Wildman–Crippen MR) is 109 cm³/mol. The number of hydrogen-bond acceptors (Lipinski definition) is 4. The first-order valence-corrected chi connectivity index (χ1v) is 9.88. The molecule has 0 saturated carbocycles. The number of nitrogens with zero attached hydrogens (tertiary/aromatic N) is 2. The number of hydrogen-bond donors (Lipinski definition) is 0. The Kier molecular flexibility index (Phi) is 7.02. The maximum Gasteiger partial charge on any atom is 0.0707 e. The summed E-state index contributed by atoms with van der Waals surface area (Å²) in [5.41, 5.74) is 7.80. The third kappa shape index (κ3) is 6.43. The van der Waals surface area contributed by atoms with Crippen LogP contribution in [0.15, 0.2) is 36.4 Å². The molecule has 1 fully saturated rings. The molecule has 27 heavy (non-hydrogen) atoms. The third-order valence-electron chi connectivity index (χ3n) is 4.72. The maximum absolute atomic E-state index is 6.01. The van der Waals surface area contributed by atoms with Crippen LogP contribution in [0.25, 0.3) is 0 Å². The Morgan fingerprint density at radius 1 is 0.630 bits per heavy atom. The van der Waals surface area contributed by atoms with Crippen LogP contribution in [0.1, 0.15) is 39.8 Å². The summed E-state index contributed by atoms with van der Waals surface area (Å²) < 4.78 is 0.